The maximum Gasteiger partial charge on any atom is 0.160 e. The lowest BCUT2D eigenvalue weighted by Gasteiger charge is -2.10. The van der Waals surface area contributed by atoms with Crippen LogP contribution in [0.1, 0.15) is 0 Å². The Labute approximate surface area is 198 Å². The average molecular weight is 436 g/mol. The van der Waals surface area contributed by atoms with Crippen LogP contribution in [0.25, 0.3) is 55.9 Å². The predicted octanol–water partition coefficient (Wildman–Crippen LogP) is 7.69. The fourth-order valence-corrected chi connectivity index (χ4v) is 4.24. The fourth-order valence-electron chi connectivity index (χ4n) is 4.24. The molecule has 2 aromatic heterocycles. The van der Waals surface area contributed by atoms with Crippen LogP contribution in [-0.4, -0.2) is 15.0 Å². The van der Waals surface area contributed by atoms with Crippen molar-refractivity contribution in [1.29, 1.82) is 0 Å². The second-order valence-corrected chi connectivity index (χ2v) is 8.15. The monoisotopic (exact) mass is 435 g/mol. The summed E-state index contributed by atoms with van der Waals surface area (Å²) < 4.78 is 0. The van der Waals surface area contributed by atoms with E-state index in [1.165, 1.54) is 5.56 Å². The molecule has 4 aromatic carbocycles. The first kappa shape index (κ1) is 20.0. The lowest BCUT2D eigenvalue weighted by atomic mass is 10.00. The lowest BCUT2D eigenvalue weighted by molar-refractivity contribution is 1.18. The molecule has 3 nitrogen and oxygen atoms in total. The molecule has 2 heterocycles. The van der Waals surface area contributed by atoms with Gasteiger partial charge in [-0.1, -0.05) is 103 Å². The van der Waals surface area contributed by atoms with Crippen molar-refractivity contribution in [2.75, 3.05) is 0 Å². The Bertz CT molecular complexity index is 1510. The zero-order valence-electron chi connectivity index (χ0n) is 18.5. The Morgan fingerprint density at radius 2 is 1.00 bits per heavy atom. The largest absolute Gasteiger partial charge is 0.256 e. The van der Waals surface area contributed by atoms with Crippen LogP contribution in [0.4, 0.5) is 0 Å². The fraction of sp³-hybridized carbons (Fsp3) is 0. The van der Waals surface area contributed by atoms with Gasteiger partial charge >= 0.3 is 0 Å². The summed E-state index contributed by atoms with van der Waals surface area (Å²) in [6.07, 6.45) is 1.87. The van der Waals surface area contributed by atoms with Crippen LogP contribution in [0.2, 0.25) is 0 Å². The van der Waals surface area contributed by atoms with E-state index in [4.69, 9.17) is 9.97 Å². The van der Waals surface area contributed by atoms with Crippen molar-refractivity contribution in [3.05, 3.63) is 128 Å². The zero-order valence-corrected chi connectivity index (χ0v) is 18.5. The van der Waals surface area contributed by atoms with Gasteiger partial charge in [0.05, 0.1) is 16.9 Å². The molecule has 6 rings (SSSR count). The third kappa shape index (κ3) is 3.84. The summed E-state index contributed by atoms with van der Waals surface area (Å²) >= 11 is 0. The first-order valence-corrected chi connectivity index (χ1v) is 11.3. The third-order valence-electron chi connectivity index (χ3n) is 5.97. The van der Waals surface area contributed by atoms with Crippen molar-refractivity contribution >= 4 is 10.9 Å². The van der Waals surface area contributed by atoms with E-state index in [1.54, 1.807) is 0 Å². The summed E-state index contributed by atoms with van der Waals surface area (Å²) in [7, 11) is 0. The zero-order chi connectivity index (χ0) is 22.7. The Balaban J connectivity index is 1.45. The number of aromatic nitrogens is 3. The quantitative estimate of drug-likeness (QED) is 0.285. The van der Waals surface area contributed by atoms with Crippen LogP contribution in [0.3, 0.4) is 0 Å². The van der Waals surface area contributed by atoms with Crippen molar-refractivity contribution < 1.29 is 0 Å². The van der Waals surface area contributed by atoms with Gasteiger partial charge in [0.1, 0.15) is 0 Å². The molecular weight excluding hydrogens is 414 g/mol. The summed E-state index contributed by atoms with van der Waals surface area (Å²) in [5, 5.41) is 1.14. The van der Waals surface area contributed by atoms with Gasteiger partial charge in [-0.3, -0.25) is 4.98 Å². The van der Waals surface area contributed by atoms with Crippen LogP contribution in [0.5, 0.6) is 0 Å². The van der Waals surface area contributed by atoms with Crippen LogP contribution in [0.15, 0.2) is 128 Å². The van der Waals surface area contributed by atoms with Gasteiger partial charge in [0.25, 0.3) is 0 Å². The molecule has 0 bridgehead atoms. The second-order valence-electron chi connectivity index (χ2n) is 8.15. The minimum atomic E-state index is 0.714. The molecule has 0 unspecified atom stereocenters. The first-order chi connectivity index (χ1) is 16.8. The van der Waals surface area contributed by atoms with Gasteiger partial charge in [-0.05, 0) is 29.3 Å². The van der Waals surface area contributed by atoms with Crippen LogP contribution < -0.4 is 0 Å². The molecule has 0 radical (unpaired) electrons. The van der Waals surface area contributed by atoms with Gasteiger partial charge < -0.3 is 0 Å². The highest BCUT2D eigenvalue weighted by molar-refractivity contribution is 5.94. The van der Waals surface area contributed by atoms with Gasteiger partial charge in [0, 0.05) is 28.3 Å². The number of benzene rings is 4. The lowest BCUT2D eigenvalue weighted by Crippen LogP contribution is -1.96. The summed E-state index contributed by atoms with van der Waals surface area (Å²) in [6.45, 7) is 0. The Morgan fingerprint density at radius 3 is 1.65 bits per heavy atom. The smallest absolute Gasteiger partial charge is 0.160 e. The van der Waals surface area contributed by atoms with Crippen LogP contribution in [-0.2, 0) is 0 Å². The van der Waals surface area contributed by atoms with Crippen LogP contribution in [0, 0.1) is 0 Å². The molecule has 0 N–H and O–H groups in total. The maximum absolute atomic E-state index is 4.93. The molecule has 160 valence electrons. The van der Waals surface area contributed by atoms with E-state index in [2.05, 4.69) is 77.8 Å². The average Bonchev–Trinajstić information content (AvgIpc) is 2.93. The Hall–Kier alpha value is -4.63. The molecular formula is C31H21N3. The number of pyridine rings is 1. The molecule has 0 aliphatic heterocycles. The third-order valence-corrected chi connectivity index (χ3v) is 5.97. The van der Waals surface area contributed by atoms with Crippen molar-refractivity contribution in [2.45, 2.75) is 0 Å². The van der Waals surface area contributed by atoms with Crippen molar-refractivity contribution in [1.82, 2.24) is 15.0 Å². The molecule has 0 aliphatic carbocycles. The summed E-state index contributed by atoms with van der Waals surface area (Å²) in [6, 6.07) is 41.3. The Kier molecular flexibility index (Phi) is 5.13. The van der Waals surface area contributed by atoms with Crippen molar-refractivity contribution in [3.8, 4) is 45.0 Å². The molecule has 0 saturated carbocycles. The minimum absolute atomic E-state index is 0.714. The number of rotatable bonds is 4. The predicted molar refractivity (Wildman–Crippen MR) is 139 cm³/mol. The van der Waals surface area contributed by atoms with Gasteiger partial charge in [0.2, 0.25) is 0 Å². The number of hydrogen-bond acceptors (Lipinski definition) is 3. The number of para-hydroxylation sites is 1. The molecule has 0 saturated heterocycles. The summed E-state index contributed by atoms with van der Waals surface area (Å²) in [5.41, 5.74) is 8.26. The van der Waals surface area contributed by atoms with E-state index in [-0.39, 0.29) is 0 Å². The molecule has 0 atom stereocenters. The van der Waals surface area contributed by atoms with E-state index in [0.29, 0.717) is 5.82 Å². The van der Waals surface area contributed by atoms with Crippen molar-refractivity contribution in [3.63, 3.8) is 0 Å². The maximum atomic E-state index is 4.93. The number of nitrogens with zero attached hydrogens (tertiary/aromatic N) is 3. The standard InChI is InChI=1S/C31H21N3/c1-3-9-23(10-4-1)29-21-30(24-11-5-2-6-12-24)34-31(33-29)25-17-15-22(16-18-25)26-19-20-32-28-14-8-7-13-27(26)28/h1-21H. The number of fused-ring (bicyclic) bond motifs is 1. The molecule has 0 amide bonds. The van der Waals surface area contributed by atoms with E-state index >= 15 is 0 Å². The van der Waals surface area contributed by atoms with Gasteiger partial charge in [0.15, 0.2) is 5.82 Å². The van der Waals surface area contributed by atoms with E-state index in [0.717, 1.165) is 44.5 Å². The molecule has 0 aliphatic rings. The minimum Gasteiger partial charge on any atom is -0.256 e. The highest BCUT2D eigenvalue weighted by Gasteiger charge is 2.11. The molecule has 0 spiro atoms. The van der Waals surface area contributed by atoms with Gasteiger partial charge in [-0.15, -0.1) is 0 Å². The highest BCUT2D eigenvalue weighted by Crippen LogP contribution is 2.31. The molecule has 6 aromatic rings. The summed E-state index contributed by atoms with van der Waals surface area (Å²) in [5.74, 6) is 0.714. The van der Waals surface area contributed by atoms with E-state index in [9.17, 15) is 0 Å². The van der Waals surface area contributed by atoms with Gasteiger partial charge in [-0.25, -0.2) is 9.97 Å². The topological polar surface area (TPSA) is 38.7 Å². The SMILES string of the molecule is c1ccc(-c2cc(-c3ccccc3)nc(-c3ccc(-c4ccnc5ccccc45)cc3)n2)cc1. The highest BCUT2D eigenvalue weighted by atomic mass is 14.9. The molecule has 3 heteroatoms. The van der Waals surface area contributed by atoms with E-state index in [1.807, 2.05) is 54.7 Å². The molecule has 34 heavy (non-hydrogen) atoms. The Morgan fingerprint density at radius 1 is 0.441 bits per heavy atom. The van der Waals surface area contributed by atoms with Crippen LogP contribution >= 0.6 is 0 Å². The second kappa shape index (κ2) is 8.72. The first-order valence-electron chi connectivity index (χ1n) is 11.3. The summed E-state index contributed by atoms with van der Waals surface area (Å²) in [4.78, 5) is 14.4. The normalized spacial score (nSPS) is 10.9. The molecule has 0 fully saturated rings. The van der Waals surface area contributed by atoms with Gasteiger partial charge in [-0.2, -0.15) is 0 Å². The van der Waals surface area contributed by atoms with E-state index < -0.39 is 0 Å². The number of hydrogen-bond donors (Lipinski definition) is 0. The van der Waals surface area contributed by atoms with Crippen molar-refractivity contribution in [2.24, 2.45) is 0 Å².